The zero-order valence-corrected chi connectivity index (χ0v) is 9.86. The molecule has 1 atom stereocenters. The molecule has 0 saturated carbocycles. The van der Waals surface area contributed by atoms with Gasteiger partial charge in [0.2, 0.25) is 0 Å². The van der Waals surface area contributed by atoms with Crippen LogP contribution in [0.1, 0.15) is 24.8 Å². The van der Waals surface area contributed by atoms with Gasteiger partial charge >= 0.3 is 0 Å². The molecule has 0 heterocycles. The third-order valence-corrected chi connectivity index (χ3v) is 2.47. The second-order valence-electron chi connectivity index (χ2n) is 4.03. The first-order chi connectivity index (χ1) is 7.72. The van der Waals surface area contributed by atoms with Gasteiger partial charge in [-0.25, -0.2) is 0 Å². The molecule has 1 unspecified atom stereocenters. The van der Waals surface area contributed by atoms with E-state index in [4.69, 9.17) is 10.5 Å². The van der Waals surface area contributed by atoms with Crippen LogP contribution in [0, 0.1) is 6.92 Å². The number of hydrogen-bond acceptors (Lipinski definition) is 3. The molecule has 0 aliphatic carbocycles. The van der Waals surface area contributed by atoms with E-state index in [0.717, 1.165) is 18.6 Å². The Morgan fingerprint density at radius 1 is 1.25 bits per heavy atom. The predicted octanol–water partition coefficient (Wildman–Crippen LogP) is 1.86. The normalized spacial score (nSPS) is 12.4. The second-order valence-corrected chi connectivity index (χ2v) is 4.03. The summed E-state index contributed by atoms with van der Waals surface area (Å²) in [7, 11) is 0. The standard InChI is InChI=1S/C13H21NO2/c1-11-4-6-13(7-5-11)16-10-2-3-12(15)8-9-14/h4-7,12,15H,2-3,8-10,14H2,1H3. The number of aryl methyl sites for hydroxylation is 1. The van der Waals surface area contributed by atoms with Crippen LogP contribution in [-0.2, 0) is 0 Å². The van der Waals surface area contributed by atoms with Crippen molar-refractivity contribution in [1.29, 1.82) is 0 Å². The van der Waals surface area contributed by atoms with E-state index in [9.17, 15) is 5.11 Å². The van der Waals surface area contributed by atoms with E-state index >= 15 is 0 Å². The van der Waals surface area contributed by atoms with Crippen molar-refractivity contribution in [2.45, 2.75) is 32.3 Å². The number of hydrogen-bond donors (Lipinski definition) is 2. The first-order valence-electron chi connectivity index (χ1n) is 5.80. The van der Waals surface area contributed by atoms with Crippen LogP contribution in [-0.4, -0.2) is 24.4 Å². The van der Waals surface area contributed by atoms with Crippen molar-refractivity contribution in [3.8, 4) is 5.75 Å². The van der Waals surface area contributed by atoms with Crippen LogP contribution < -0.4 is 10.5 Å². The lowest BCUT2D eigenvalue weighted by atomic mass is 10.1. The highest BCUT2D eigenvalue weighted by molar-refractivity contribution is 5.26. The molecule has 0 saturated heterocycles. The molecule has 16 heavy (non-hydrogen) atoms. The quantitative estimate of drug-likeness (QED) is 0.694. The SMILES string of the molecule is Cc1ccc(OCCCC(O)CCN)cc1. The smallest absolute Gasteiger partial charge is 0.119 e. The maximum absolute atomic E-state index is 9.45. The Morgan fingerprint density at radius 3 is 2.56 bits per heavy atom. The van der Waals surface area contributed by atoms with Crippen LogP contribution >= 0.6 is 0 Å². The maximum Gasteiger partial charge on any atom is 0.119 e. The van der Waals surface area contributed by atoms with Crippen LogP contribution in [0.5, 0.6) is 5.75 Å². The van der Waals surface area contributed by atoms with Gasteiger partial charge in [0.25, 0.3) is 0 Å². The molecule has 0 aromatic heterocycles. The van der Waals surface area contributed by atoms with Crippen LogP contribution in [0.15, 0.2) is 24.3 Å². The van der Waals surface area contributed by atoms with Gasteiger partial charge in [0.05, 0.1) is 12.7 Å². The van der Waals surface area contributed by atoms with Crippen LogP contribution in [0.2, 0.25) is 0 Å². The molecule has 0 bridgehead atoms. The van der Waals surface area contributed by atoms with E-state index in [1.807, 2.05) is 31.2 Å². The van der Waals surface area contributed by atoms with Crippen molar-refractivity contribution >= 4 is 0 Å². The maximum atomic E-state index is 9.45. The molecule has 1 aromatic rings. The number of aliphatic hydroxyl groups excluding tert-OH is 1. The van der Waals surface area contributed by atoms with Crippen molar-refractivity contribution in [2.24, 2.45) is 5.73 Å². The molecule has 3 heteroatoms. The Balaban J connectivity index is 2.13. The summed E-state index contributed by atoms with van der Waals surface area (Å²) in [5.74, 6) is 0.888. The molecule has 0 aliphatic heterocycles. The molecule has 0 radical (unpaired) electrons. The van der Waals surface area contributed by atoms with Crippen molar-refractivity contribution in [1.82, 2.24) is 0 Å². The molecular formula is C13H21NO2. The monoisotopic (exact) mass is 223 g/mol. The Kier molecular flexibility index (Phi) is 5.90. The van der Waals surface area contributed by atoms with Gasteiger partial charge in [0, 0.05) is 0 Å². The number of aliphatic hydroxyl groups is 1. The van der Waals surface area contributed by atoms with E-state index in [-0.39, 0.29) is 6.10 Å². The van der Waals surface area contributed by atoms with Crippen LogP contribution in [0.3, 0.4) is 0 Å². The highest BCUT2D eigenvalue weighted by Gasteiger charge is 2.02. The third kappa shape index (κ3) is 5.14. The first-order valence-corrected chi connectivity index (χ1v) is 5.80. The molecule has 3 N–H and O–H groups in total. The zero-order valence-electron chi connectivity index (χ0n) is 9.86. The summed E-state index contributed by atoms with van der Waals surface area (Å²) in [6, 6.07) is 7.98. The van der Waals surface area contributed by atoms with E-state index in [2.05, 4.69) is 0 Å². The number of benzene rings is 1. The lowest BCUT2D eigenvalue weighted by Crippen LogP contribution is -2.14. The van der Waals surface area contributed by atoms with E-state index in [1.54, 1.807) is 0 Å². The first kappa shape index (κ1) is 13.0. The summed E-state index contributed by atoms with van der Waals surface area (Å²) >= 11 is 0. The fraction of sp³-hybridized carbons (Fsp3) is 0.538. The van der Waals surface area contributed by atoms with Crippen molar-refractivity contribution in [3.63, 3.8) is 0 Å². The Morgan fingerprint density at radius 2 is 1.94 bits per heavy atom. The molecule has 0 fully saturated rings. The molecule has 0 amide bonds. The van der Waals surface area contributed by atoms with Gasteiger partial charge in [-0.15, -0.1) is 0 Å². The van der Waals surface area contributed by atoms with Gasteiger partial charge in [-0.2, -0.15) is 0 Å². The molecule has 0 aliphatic rings. The zero-order chi connectivity index (χ0) is 11.8. The highest BCUT2D eigenvalue weighted by Crippen LogP contribution is 2.12. The average Bonchev–Trinajstić information content (AvgIpc) is 2.27. The second kappa shape index (κ2) is 7.25. The van der Waals surface area contributed by atoms with Gasteiger partial charge < -0.3 is 15.6 Å². The van der Waals surface area contributed by atoms with E-state index < -0.39 is 0 Å². The summed E-state index contributed by atoms with van der Waals surface area (Å²) in [5, 5.41) is 9.45. The molecule has 0 spiro atoms. The summed E-state index contributed by atoms with van der Waals surface area (Å²) in [5.41, 5.74) is 6.58. The minimum Gasteiger partial charge on any atom is -0.494 e. The number of rotatable bonds is 7. The fourth-order valence-corrected chi connectivity index (χ4v) is 1.48. The van der Waals surface area contributed by atoms with Crippen LogP contribution in [0.4, 0.5) is 0 Å². The number of nitrogens with two attached hydrogens (primary N) is 1. The summed E-state index contributed by atoms with van der Waals surface area (Å²) in [6.45, 7) is 3.23. The molecule has 3 nitrogen and oxygen atoms in total. The highest BCUT2D eigenvalue weighted by atomic mass is 16.5. The third-order valence-electron chi connectivity index (χ3n) is 2.47. The Hall–Kier alpha value is -1.06. The van der Waals surface area contributed by atoms with Gasteiger partial charge in [-0.05, 0) is 44.9 Å². The number of ether oxygens (including phenoxy) is 1. The van der Waals surface area contributed by atoms with E-state index in [1.165, 1.54) is 5.56 Å². The van der Waals surface area contributed by atoms with Crippen molar-refractivity contribution in [3.05, 3.63) is 29.8 Å². The van der Waals surface area contributed by atoms with Gasteiger partial charge in [-0.3, -0.25) is 0 Å². The van der Waals surface area contributed by atoms with Crippen molar-refractivity contribution in [2.75, 3.05) is 13.2 Å². The molecule has 1 aromatic carbocycles. The lowest BCUT2D eigenvalue weighted by Gasteiger charge is -2.10. The van der Waals surface area contributed by atoms with Crippen LogP contribution in [0.25, 0.3) is 0 Å². The van der Waals surface area contributed by atoms with Gasteiger partial charge in [0.1, 0.15) is 5.75 Å². The Labute approximate surface area is 97.2 Å². The molecule has 90 valence electrons. The van der Waals surface area contributed by atoms with Gasteiger partial charge in [0.15, 0.2) is 0 Å². The Bertz CT molecular complexity index is 284. The fourth-order valence-electron chi connectivity index (χ4n) is 1.48. The largest absolute Gasteiger partial charge is 0.494 e. The summed E-state index contributed by atoms with van der Waals surface area (Å²) in [6.07, 6.45) is 1.99. The minimum atomic E-state index is -0.286. The van der Waals surface area contributed by atoms with Crippen molar-refractivity contribution < 1.29 is 9.84 Å². The van der Waals surface area contributed by atoms with E-state index in [0.29, 0.717) is 19.6 Å². The topological polar surface area (TPSA) is 55.5 Å². The predicted molar refractivity (Wildman–Crippen MR) is 65.6 cm³/mol. The molecule has 1 rings (SSSR count). The lowest BCUT2D eigenvalue weighted by molar-refractivity contribution is 0.146. The minimum absolute atomic E-state index is 0.286. The average molecular weight is 223 g/mol. The summed E-state index contributed by atoms with van der Waals surface area (Å²) in [4.78, 5) is 0. The van der Waals surface area contributed by atoms with Gasteiger partial charge in [-0.1, -0.05) is 17.7 Å². The summed E-state index contributed by atoms with van der Waals surface area (Å²) < 4.78 is 5.55. The molecular weight excluding hydrogens is 202 g/mol.